The minimum Gasteiger partial charge on any atom is -0.493 e. The van der Waals surface area contributed by atoms with Gasteiger partial charge >= 0.3 is 0 Å². The van der Waals surface area contributed by atoms with Gasteiger partial charge in [0, 0.05) is 69.0 Å². The van der Waals surface area contributed by atoms with Crippen LogP contribution >= 0.6 is 23.2 Å². The molecule has 0 amide bonds. The second-order valence-corrected chi connectivity index (χ2v) is 15.7. The number of allylic oxidation sites excluding steroid dienone is 5. The van der Waals surface area contributed by atoms with Gasteiger partial charge in [-0.1, -0.05) is 99.4 Å². The minimum atomic E-state index is -0.508. The van der Waals surface area contributed by atoms with E-state index in [0.29, 0.717) is 47.4 Å². The zero-order chi connectivity index (χ0) is 34.4. The number of rotatable bonds is 9. The summed E-state index contributed by atoms with van der Waals surface area (Å²) in [7, 11) is 1.61. The molecule has 3 aromatic carbocycles. The second kappa shape index (κ2) is 13.2. The molecule has 1 aliphatic heterocycles. The predicted molar refractivity (Wildman–Crippen MR) is 193 cm³/mol. The van der Waals surface area contributed by atoms with Crippen LogP contribution in [0.25, 0.3) is 0 Å². The third kappa shape index (κ3) is 6.73. The van der Waals surface area contributed by atoms with Crippen molar-refractivity contribution in [1.29, 1.82) is 0 Å². The fraction of sp³-hybridized carbons (Fsp3) is 0.366. The molecule has 0 unspecified atom stereocenters. The molecular formula is C41H43Cl2NO4. The summed E-state index contributed by atoms with van der Waals surface area (Å²) in [5, 5.41) is 1.07. The van der Waals surface area contributed by atoms with Crippen LogP contribution in [0.3, 0.4) is 0 Å². The van der Waals surface area contributed by atoms with E-state index in [2.05, 4.69) is 57.4 Å². The topological polar surface area (TPSA) is 55.8 Å². The SMILES string of the molecule is C=CCc1cc(C2C3=C(CC(C)(C)CC3=O)N(Cc3ccccc3)C3=C2C(=O)CC(C)(C)C3)cc(OC)c1OCc1ccc(Cl)cc1Cl. The summed E-state index contributed by atoms with van der Waals surface area (Å²) in [5.74, 6) is 0.777. The maximum atomic E-state index is 14.4. The van der Waals surface area contributed by atoms with Crippen LogP contribution in [-0.4, -0.2) is 23.6 Å². The van der Waals surface area contributed by atoms with Gasteiger partial charge in [-0.2, -0.15) is 0 Å². The minimum absolute atomic E-state index is 0.0930. The molecule has 3 aliphatic rings. The van der Waals surface area contributed by atoms with E-state index in [1.54, 1.807) is 19.2 Å². The van der Waals surface area contributed by atoms with Crippen molar-refractivity contribution in [1.82, 2.24) is 4.90 Å². The Labute approximate surface area is 294 Å². The fourth-order valence-electron chi connectivity index (χ4n) is 7.60. The van der Waals surface area contributed by atoms with Crippen LogP contribution in [0, 0.1) is 10.8 Å². The van der Waals surface area contributed by atoms with E-state index >= 15 is 0 Å². The third-order valence-electron chi connectivity index (χ3n) is 9.66. The van der Waals surface area contributed by atoms with Gasteiger partial charge in [-0.15, -0.1) is 6.58 Å². The molecule has 7 heteroatoms. The molecule has 0 aromatic heterocycles. The average Bonchev–Trinajstić information content (AvgIpc) is 3.01. The Morgan fingerprint density at radius 3 is 2.04 bits per heavy atom. The van der Waals surface area contributed by atoms with Crippen molar-refractivity contribution in [2.75, 3.05) is 7.11 Å². The molecule has 0 saturated heterocycles. The van der Waals surface area contributed by atoms with Gasteiger partial charge in [-0.05, 0) is 59.4 Å². The van der Waals surface area contributed by atoms with Gasteiger partial charge in [0.1, 0.15) is 6.61 Å². The standard InChI is InChI=1S/C41H43Cl2NO4/c1-7-11-26-16-28(17-35(47-6)39(26)48-24-27-14-15-29(42)18-30(27)43)36-37-31(19-40(2,3)21-33(37)45)44(23-25-12-9-8-10-13-25)32-20-41(4,5)22-34(46)38(32)36/h7-10,12-18,36H,1,11,19-24H2,2-6H3. The van der Waals surface area contributed by atoms with Crippen LogP contribution in [0.2, 0.25) is 10.0 Å². The van der Waals surface area contributed by atoms with Gasteiger partial charge in [0.25, 0.3) is 0 Å². The maximum absolute atomic E-state index is 14.4. The molecule has 0 radical (unpaired) electrons. The van der Waals surface area contributed by atoms with Crippen molar-refractivity contribution >= 4 is 34.8 Å². The molecule has 6 rings (SSSR count). The molecule has 1 heterocycles. The number of hydrogen-bond acceptors (Lipinski definition) is 5. The van der Waals surface area contributed by atoms with Gasteiger partial charge in [0.05, 0.1) is 7.11 Å². The molecular weight excluding hydrogens is 641 g/mol. The molecule has 250 valence electrons. The third-order valence-corrected chi connectivity index (χ3v) is 10.3. The number of benzene rings is 3. The van der Waals surface area contributed by atoms with Crippen molar-refractivity contribution in [3.63, 3.8) is 0 Å². The largest absolute Gasteiger partial charge is 0.493 e. The lowest BCUT2D eigenvalue weighted by atomic mass is 9.63. The molecule has 0 fully saturated rings. The van der Waals surface area contributed by atoms with Crippen LogP contribution in [0.4, 0.5) is 0 Å². The van der Waals surface area contributed by atoms with Crippen LogP contribution in [0.15, 0.2) is 95.9 Å². The first-order chi connectivity index (χ1) is 22.8. The highest BCUT2D eigenvalue weighted by Crippen LogP contribution is 2.55. The van der Waals surface area contributed by atoms with Gasteiger partial charge in [0.15, 0.2) is 23.1 Å². The Balaban J connectivity index is 1.53. The van der Waals surface area contributed by atoms with Crippen LogP contribution in [0.5, 0.6) is 11.5 Å². The Morgan fingerprint density at radius 2 is 1.48 bits per heavy atom. The molecule has 3 aromatic rings. The van der Waals surface area contributed by atoms with E-state index in [4.69, 9.17) is 32.7 Å². The van der Waals surface area contributed by atoms with Crippen LogP contribution < -0.4 is 9.47 Å². The van der Waals surface area contributed by atoms with Crippen molar-refractivity contribution in [2.45, 2.75) is 78.9 Å². The van der Waals surface area contributed by atoms with Gasteiger partial charge < -0.3 is 14.4 Å². The van der Waals surface area contributed by atoms with E-state index in [9.17, 15) is 9.59 Å². The van der Waals surface area contributed by atoms with E-state index < -0.39 is 5.92 Å². The molecule has 2 aliphatic carbocycles. The Kier molecular flexibility index (Phi) is 9.41. The molecule has 0 bridgehead atoms. The number of carbonyl (C=O) groups excluding carboxylic acids is 2. The first-order valence-electron chi connectivity index (χ1n) is 16.5. The molecule has 0 N–H and O–H groups in total. The smallest absolute Gasteiger partial charge is 0.165 e. The summed E-state index contributed by atoms with van der Waals surface area (Å²) in [4.78, 5) is 31.0. The number of methoxy groups -OCH3 is 1. The van der Waals surface area contributed by atoms with Gasteiger partial charge in [-0.3, -0.25) is 9.59 Å². The Morgan fingerprint density at radius 1 is 0.854 bits per heavy atom. The highest BCUT2D eigenvalue weighted by molar-refractivity contribution is 6.35. The first kappa shape index (κ1) is 34.1. The lowest BCUT2D eigenvalue weighted by molar-refractivity contribution is -0.119. The summed E-state index contributed by atoms with van der Waals surface area (Å²) in [6, 6.07) is 19.6. The zero-order valence-corrected chi connectivity index (χ0v) is 29.9. The summed E-state index contributed by atoms with van der Waals surface area (Å²) in [6.07, 6.45) is 4.64. The molecule has 0 atom stereocenters. The second-order valence-electron chi connectivity index (χ2n) is 14.8. The van der Waals surface area contributed by atoms with Gasteiger partial charge in [0.2, 0.25) is 0 Å². The molecule has 0 saturated carbocycles. The lowest BCUT2D eigenvalue weighted by Crippen LogP contribution is -2.44. The monoisotopic (exact) mass is 683 g/mol. The number of hydrogen-bond donors (Lipinski definition) is 0. The number of nitrogens with zero attached hydrogens (tertiary/aromatic N) is 1. The number of carbonyl (C=O) groups is 2. The summed E-state index contributed by atoms with van der Waals surface area (Å²) < 4.78 is 12.4. The lowest BCUT2D eigenvalue weighted by Gasteiger charge is -2.49. The number of ketones is 2. The van der Waals surface area contributed by atoms with E-state index in [1.807, 2.05) is 36.4 Å². The van der Waals surface area contributed by atoms with E-state index in [-0.39, 0.29) is 29.0 Å². The predicted octanol–water partition coefficient (Wildman–Crippen LogP) is 10.2. The first-order valence-corrected chi connectivity index (χ1v) is 17.3. The normalized spacial score (nSPS) is 18.9. The highest BCUT2D eigenvalue weighted by Gasteiger charge is 2.49. The maximum Gasteiger partial charge on any atom is 0.165 e. The van der Waals surface area contributed by atoms with Crippen molar-refractivity contribution in [2.24, 2.45) is 10.8 Å². The zero-order valence-electron chi connectivity index (χ0n) is 28.4. The highest BCUT2D eigenvalue weighted by atomic mass is 35.5. The molecule has 5 nitrogen and oxygen atoms in total. The average molecular weight is 685 g/mol. The Bertz CT molecular complexity index is 1800. The Hall–Kier alpha value is -3.80. The van der Waals surface area contributed by atoms with Crippen molar-refractivity contribution in [3.05, 3.63) is 128 Å². The summed E-state index contributed by atoms with van der Waals surface area (Å²) in [6.45, 7) is 13.5. The summed E-state index contributed by atoms with van der Waals surface area (Å²) >= 11 is 12.6. The number of Topliss-reactive ketones (excluding diaryl/α,β-unsaturated/α-hetero) is 2. The van der Waals surface area contributed by atoms with E-state index in [0.717, 1.165) is 57.6 Å². The van der Waals surface area contributed by atoms with Crippen LogP contribution in [-0.2, 0) is 29.2 Å². The number of halogens is 2. The van der Waals surface area contributed by atoms with Crippen LogP contribution in [0.1, 0.15) is 81.5 Å². The van der Waals surface area contributed by atoms with Crippen molar-refractivity contribution < 1.29 is 19.1 Å². The molecule has 0 spiro atoms. The summed E-state index contributed by atoms with van der Waals surface area (Å²) in [5.41, 5.74) is 6.70. The number of ether oxygens (including phenoxy) is 2. The fourth-order valence-corrected chi connectivity index (χ4v) is 8.06. The van der Waals surface area contributed by atoms with Crippen molar-refractivity contribution in [3.8, 4) is 11.5 Å². The van der Waals surface area contributed by atoms with E-state index in [1.165, 1.54) is 0 Å². The van der Waals surface area contributed by atoms with Gasteiger partial charge in [-0.25, -0.2) is 0 Å². The quantitative estimate of drug-likeness (QED) is 0.210. The molecule has 48 heavy (non-hydrogen) atoms.